The van der Waals surface area contributed by atoms with E-state index in [1.165, 1.54) is 10.9 Å². The van der Waals surface area contributed by atoms with E-state index >= 15 is 0 Å². The first-order valence-electron chi connectivity index (χ1n) is 16.3. The Morgan fingerprint density at radius 1 is 0.957 bits per heavy atom. The van der Waals surface area contributed by atoms with Crippen LogP contribution in [0.25, 0.3) is 16.6 Å². The third kappa shape index (κ3) is 7.07. The van der Waals surface area contributed by atoms with Crippen LogP contribution in [0.5, 0.6) is 0 Å². The van der Waals surface area contributed by atoms with Crippen LogP contribution in [0.15, 0.2) is 85.1 Å². The van der Waals surface area contributed by atoms with Crippen molar-refractivity contribution in [2.75, 3.05) is 23.7 Å². The second kappa shape index (κ2) is 13.3. The Morgan fingerprint density at radius 3 is 2.39 bits per heavy atom. The number of nitrogens with zero attached hydrogens (tertiary/aromatic N) is 2. The third-order valence-corrected chi connectivity index (χ3v) is 9.04. The Balaban J connectivity index is 1.16. The molecular weight excluding hydrogens is 572 g/mol. The molecule has 1 saturated heterocycles. The number of hydrogen-bond donors (Lipinski definition) is 4. The summed E-state index contributed by atoms with van der Waals surface area (Å²) in [4.78, 5) is 30.4. The van der Waals surface area contributed by atoms with E-state index in [4.69, 9.17) is 5.10 Å². The van der Waals surface area contributed by atoms with Crippen molar-refractivity contribution in [2.24, 2.45) is 5.92 Å². The summed E-state index contributed by atoms with van der Waals surface area (Å²) < 4.78 is 1.77. The molecule has 3 heterocycles. The molecule has 0 spiro atoms. The molecule has 4 N–H and O–H groups in total. The molecule has 238 valence electrons. The van der Waals surface area contributed by atoms with Crippen LogP contribution in [0.4, 0.5) is 16.3 Å². The molecule has 1 aliphatic rings. The average molecular weight is 617 g/mol. The second-order valence-electron chi connectivity index (χ2n) is 13.5. The number of benzene rings is 3. The molecule has 6 rings (SSSR count). The summed E-state index contributed by atoms with van der Waals surface area (Å²) in [6.07, 6.45) is 5.17. The van der Waals surface area contributed by atoms with Crippen molar-refractivity contribution in [3.05, 3.63) is 107 Å². The minimum atomic E-state index is -0.355. The highest BCUT2D eigenvalue weighted by Gasteiger charge is 2.31. The van der Waals surface area contributed by atoms with E-state index < -0.39 is 0 Å². The van der Waals surface area contributed by atoms with Gasteiger partial charge < -0.3 is 15.6 Å². The number of rotatable bonds is 9. The fourth-order valence-corrected chi connectivity index (χ4v) is 6.42. The number of piperidine rings is 1. The van der Waals surface area contributed by atoms with Crippen molar-refractivity contribution in [2.45, 2.75) is 64.7 Å². The van der Waals surface area contributed by atoms with E-state index in [0.29, 0.717) is 24.3 Å². The quantitative estimate of drug-likeness (QED) is 0.135. The highest BCUT2D eigenvalue weighted by Crippen LogP contribution is 2.34. The number of anilines is 2. The molecule has 8 heteroatoms. The van der Waals surface area contributed by atoms with Crippen LogP contribution < -0.4 is 16.0 Å². The number of H-pyrrole nitrogens is 1. The van der Waals surface area contributed by atoms with Crippen LogP contribution in [0.3, 0.4) is 0 Å². The monoisotopic (exact) mass is 616 g/mol. The SMILES string of the molecule is Cc1ccc(-n2nc(C(C)(C)C)cc2NC(=O)Nc2ccc(C(C(=O)CCc3c[nH]c4ccccc34)C3CCNCC3)cc2)cc1. The number of carbonyl (C=O) groups excluding carboxylic acids is 2. The topological polar surface area (TPSA) is 104 Å². The van der Waals surface area contributed by atoms with Gasteiger partial charge in [0, 0.05) is 46.6 Å². The van der Waals surface area contributed by atoms with Gasteiger partial charge in [-0.3, -0.25) is 10.1 Å². The number of aromatic nitrogens is 3. The van der Waals surface area contributed by atoms with Gasteiger partial charge in [-0.05, 0) is 86.7 Å². The molecule has 2 aromatic heterocycles. The van der Waals surface area contributed by atoms with Crippen LogP contribution in [0.2, 0.25) is 0 Å². The Bertz CT molecular complexity index is 1800. The van der Waals surface area contributed by atoms with Crippen molar-refractivity contribution in [3.8, 4) is 5.69 Å². The van der Waals surface area contributed by atoms with E-state index in [2.05, 4.69) is 53.8 Å². The number of ketones is 1. The lowest BCUT2D eigenvalue weighted by atomic mass is 9.76. The molecule has 1 unspecified atom stereocenters. The zero-order valence-electron chi connectivity index (χ0n) is 27.2. The molecule has 5 aromatic rings. The van der Waals surface area contributed by atoms with Crippen molar-refractivity contribution in [1.82, 2.24) is 20.1 Å². The number of aryl methyl sites for hydroxylation is 2. The van der Waals surface area contributed by atoms with Crippen molar-refractivity contribution >= 4 is 34.2 Å². The molecule has 0 aliphatic carbocycles. The van der Waals surface area contributed by atoms with Crippen LogP contribution >= 0.6 is 0 Å². The predicted molar refractivity (Wildman–Crippen MR) is 186 cm³/mol. The number of para-hydroxylation sites is 1. The molecule has 1 atom stereocenters. The van der Waals surface area contributed by atoms with Gasteiger partial charge >= 0.3 is 6.03 Å². The number of carbonyl (C=O) groups is 2. The van der Waals surface area contributed by atoms with Gasteiger partial charge in [0.05, 0.1) is 11.4 Å². The fraction of sp³-hybridized carbons (Fsp3) is 0.342. The maximum atomic E-state index is 13.9. The van der Waals surface area contributed by atoms with Crippen molar-refractivity contribution in [1.29, 1.82) is 0 Å². The van der Waals surface area contributed by atoms with E-state index in [1.54, 1.807) is 4.68 Å². The van der Waals surface area contributed by atoms with E-state index in [1.807, 2.05) is 79.9 Å². The summed E-state index contributed by atoms with van der Waals surface area (Å²) in [6, 6.07) is 25.7. The largest absolute Gasteiger partial charge is 0.361 e. The lowest BCUT2D eigenvalue weighted by Crippen LogP contribution is -2.33. The lowest BCUT2D eigenvalue weighted by Gasteiger charge is -2.30. The van der Waals surface area contributed by atoms with E-state index in [0.717, 1.165) is 54.0 Å². The Hall–Kier alpha value is -4.69. The summed E-state index contributed by atoms with van der Waals surface area (Å²) in [6.45, 7) is 10.2. The summed E-state index contributed by atoms with van der Waals surface area (Å²) in [5, 5.41) is 15.4. The molecule has 3 aromatic carbocycles. The summed E-state index contributed by atoms with van der Waals surface area (Å²) >= 11 is 0. The average Bonchev–Trinajstić information content (AvgIpc) is 3.66. The first kappa shape index (κ1) is 31.3. The van der Waals surface area contributed by atoms with Gasteiger partial charge in [0.2, 0.25) is 0 Å². The van der Waals surface area contributed by atoms with Crippen LogP contribution in [0, 0.1) is 12.8 Å². The molecule has 1 fully saturated rings. The predicted octanol–water partition coefficient (Wildman–Crippen LogP) is 7.89. The number of hydrogen-bond acceptors (Lipinski definition) is 4. The molecule has 1 aliphatic heterocycles. The zero-order chi connectivity index (χ0) is 32.3. The first-order chi connectivity index (χ1) is 22.2. The van der Waals surface area contributed by atoms with Gasteiger partial charge in [-0.15, -0.1) is 0 Å². The first-order valence-corrected chi connectivity index (χ1v) is 16.3. The third-order valence-electron chi connectivity index (χ3n) is 9.04. The zero-order valence-corrected chi connectivity index (χ0v) is 27.2. The lowest BCUT2D eigenvalue weighted by molar-refractivity contribution is -0.121. The molecule has 0 saturated carbocycles. The fourth-order valence-electron chi connectivity index (χ4n) is 6.42. The smallest absolute Gasteiger partial charge is 0.324 e. The maximum absolute atomic E-state index is 13.9. The number of nitrogens with one attached hydrogen (secondary N) is 4. The van der Waals surface area contributed by atoms with Gasteiger partial charge in [-0.2, -0.15) is 5.10 Å². The van der Waals surface area contributed by atoms with Crippen LogP contribution in [0.1, 0.15) is 68.3 Å². The molecular formula is C38H44N6O2. The van der Waals surface area contributed by atoms with Gasteiger partial charge in [0.15, 0.2) is 0 Å². The van der Waals surface area contributed by atoms with Gasteiger partial charge in [-0.25, -0.2) is 9.48 Å². The number of aromatic amines is 1. The molecule has 2 amide bonds. The summed E-state index contributed by atoms with van der Waals surface area (Å²) in [7, 11) is 0. The minimum Gasteiger partial charge on any atom is -0.361 e. The Labute approximate surface area is 271 Å². The van der Waals surface area contributed by atoms with Gasteiger partial charge in [-0.1, -0.05) is 68.8 Å². The van der Waals surface area contributed by atoms with Gasteiger partial charge in [0.25, 0.3) is 0 Å². The highest BCUT2D eigenvalue weighted by atomic mass is 16.2. The van der Waals surface area contributed by atoms with Gasteiger partial charge in [0.1, 0.15) is 11.6 Å². The Kier molecular flexibility index (Phi) is 9.08. The van der Waals surface area contributed by atoms with Crippen molar-refractivity contribution < 1.29 is 9.59 Å². The van der Waals surface area contributed by atoms with E-state index in [9.17, 15) is 9.59 Å². The maximum Gasteiger partial charge on any atom is 0.324 e. The Morgan fingerprint density at radius 2 is 1.67 bits per heavy atom. The number of amides is 2. The number of Topliss-reactive ketones (excluding diaryl/α,β-unsaturated/α-hetero) is 1. The normalized spacial score (nSPS) is 14.7. The van der Waals surface area contributed by atoms with E-state index in [-0.39, 0.29) is 29.1 Å². The molecule has 0 radical (unpaired) electrons. The minimum absolute atomic E-state index is 0.171. The number of urea groups is 1. The molecule has 0 bridgehead atoms. The van der Waals surface area contributed by atoms with Crippen molar-refractivity contribution in [3.63, 3.8) is 0 Å². The highest BCUT2D eigenvalue weighted by molar-refractivity contribution is 5.99. The second-order valence-corrected chi connectivity index (χ2v) is 13.5. The summed E-state index contributed by atoms with van der Waals surface area (Å²) in [5.74, 6) is 0.983. The van der Waals surface area contributed by atoms with Crippen LogP contribution in [-0.2, 0) is 16.6 Å². The standard InChI is InChI=1S/C38H44N6O2/c1-25-9-16-30(17-10-25)44-35(23-34(43-44)38(2,3)4)42-37(46)41-29-14-11-26(12-15-29)36(27-19-21-39-22-20-27)33(45)18-13-28-24-40-32-8-6-5-7-31(28)32/h5-12,14-17,23-24,27,36,39-40H,13,18-22H2,1-4H3,(H2,41,42,46). The summed E-state index contributed by atoms with van der Waals surface area (Å²) in [5.41, 5.74) is 6.67. The molecule has 46 heavy (non-hydrogen) atoms. The number of fused-ring (bicyclic) bond motifs is 1. The van der Waals surface area contributed by atoms with Crippen LogP contribution in [-0.4, -0.2) is 39.7 Å². The molecule has 8 nitrogen and oxygen atoms in total.